The lowest BCUT2D eigenvalue weighted by Gasteiger charge is -2.12. The molecule has 1 aromatic rings. The highest BCUT2D eigenvalue weighted by molar-refractivity contribution is 7.99. The van der Waals surface area contributed by atoms with Gasteiger partial charge in [0.15, 0.2) is 0 Å². The predicted octanol–water partition coefficient (Wildman–Crippen LogP) is -0.547. The number of methoxy groups -OCH3 is 1. The van der Waals surface area contributed by atoms with Crippen molar-refractivity contribution in [2.45, 2.75) is 17.6 Å². The number of hydrogen-bond donors (Lipinski definition) is 1. The summed E-state index contributed by atoms with van der Waals surface area (Å²) in [6.07, 6.45) is 0.667. The molecule has 7 nitrogen and oxygen atoms in total. The third-order valence-corrected chi connectivity index (χ3v) is 3.10. The quantitative estimate of drug-likeness (QED) is 0.532. The normalized spacial score (nSPS) is 12.4. The van der Waals surface area contributed by atoms with Crippen LogP contribution in [0.15, 0.2) is 5.16 Å². The first-order chi connectivity index (χ1) is 7.69. The van der Waals surface area contributed by atoms with E-state index in [-0.39, 0.29) is 12.0 Å². The summed E-state index contributed by atoms with van der Waals surface area (Å²) < 4.78 is 6.25. The van der Waals surface area contributed by atoms with Gasteiger partial charge in [-0.1, -0.05) is 11.8 Å². The number of likely N-dealkylation sites (N-methyl/N-ethyl adjacent to an activating group) is 1. The molecule has 0 radical (unpaired) electrons. The van der Waals surface area contributed by atoms with Crippen LogP contribution in [0.3, 0.4) is 0 Å². The molecule has 0 aliphatic heterocycles. The van der Waals surface area contributed by atoms with E-state index in [0.717, 1.165) is 10.9 Å². The van der Waals surface area contributed by atoms with Gasteiger partial charge in [0.05, 0.1) is 7.11 Å². The maximum atomic E-state index is 11.3. The number of nitrogens with one attached hydrogen (secondary N) is 1. The van der Waals surface area contributed by atoms with Crippen LogP contribution in [0, 0.1) is 0 Å². The van der Waals surface area contributed by atoms with Gasteiger partial charge in [0, 0.05) is 12.8 Å². The number of hydrogen-bond acceptors (Lipinski definition) is 7. The van der Waals surface area contributed by atoms with E-state index in [4.69, 9.17) is 0 Å². The summed E-state index contributed by atoms with van der Waals surface area (Å²) >= 11 is 1.50. The fraction of sp³-hybridized carbons (Fsp3) is 0.750. The molecular formula is C8H15N5O2S. The number of aromatic nitrogens is 4. The molecule has 1 N–H and O–H groups in total. The first-order valence-corrected chi connectivity index (χ1v) is 5.77. The predicted molar refractivity (Wildman–Crippen MR) is 59.0 cm³/mol. The lowest BCUT2D eigenvalue weighted by atomic mass is 10.2. The van der Waals surface area contributed by atoms with Gasteiger partial charge < -0.3 is 10.1 Å². The Hall–Kier alpha value is -1.15. The molecule has 1 unspecified atom stereocenters. The zero-order valence-electron chi connectivity index (χ0n) is 9.51. The van der Waals surface area contributed by atoms with Crippen molar-refractivity contribution in [2.24, 2.45) is 7.05 Å². The summed E-state index contributed by atoms with van der Waals surface area (Å²) in [6, 6.07) is -0.279. The minimum Gasteiger partial charge on any atom is -0.468 e. The number of esters is 1. The lowest BCUT2D eigenvalue weighted by molar-refractivity contribution is -0.143. The van der Waals surface area contributed by atoms with Crippen LogP contribution in [-0.2, 0) is 16.6 Å². The number of aryl methyl sites for hydroxylation is 1. The van der Waals surface area contributed by atoms with E-state index >= 15 is 0 Å². The second-order valence-corrected chi connectivity index (χ2v) is 4.15. The van der Waals surface area contributed by atoms with Crippen molar-refractivity contribution in [3.8, 4) is 0 Å². The molecule has 0 aromatic carbocycles. The van der Waals surface area contributed by atoms with Gasteiger partial charge in [-0.3, -0.25) is 4.79 Å². The van der Waals surface area contributed by atoms with E-state index in [1.807, 2.05) is 0 Å². The number of rotatable bonds is 6. The van der Waals surface area contributed by atoms with Gasteiger partial charge in [-0.25, -0.2) is 4.68 Å². The Bertz CT molecular complexity index is 343. The molecule has 0 aliphatic carbocycles. The molecule has 1 atom stereocenters. The van der Waals surface area contributed by atoms with Crippen LogP contribution in [0.5, 0.6) is 0 Å². The van der Waals surface area contributed by atoms with Gasteiger partial charge >= 0.3 is 5.97 Å². The standard InChI is InChI=1S/C8H15N5O2S/c1-9-6(7(14)15-3)4-5-16-8-10-11-12-13(8)2/h6,9H,4-5H2,1-3H3. The van der Waals surface area contributed by atoms with E-state index in [0.29, 0.717) is 6.42 Å². The summed E-state index contributed by atoms with van der Waals surface area (Å²) in [4.78, 5) is 11.3. The number of ether oxygens (including phenoxy) is 1. The van der Waals surface area contributed by atoms with Crippen LogP contribution < -0.4 is 5.32 Å². The molecule has 0 fully saturated rings. The maximum Gasteiger partial charge on any atom is 0.322 e. The molecule has 0 aliphatic rings. The average molecular weight is 245 g/mol. The largest absolute Gasteiger partial charge is 0.468 e. The Balaban J connectivity index is 2.34. The Kier molecular flexibility index (Phi) is 5.20. The molecular weight excluding hydrogens is 230 g/mol. The molecule has 0 bridgehead atoms. The molecule has 0 saturated carbocycles. The topological polar surface area (TPSA) is 81.9 Å². The number of carbonyl (C=O) groups is 1. The van der Waals surface area contributed by atoms with E-state index in [2.05, 4.69) is 25.6 Å². The number of nitrogens with zero attached hydrogens (tertiary/aromatic N) is 4. The molecule has 16 heavy (non-hydrogen) atoms. The molecule has 0 saturated heterocycles. The smallest absolute Gasteiger partial charge is 0.322 e. The van der Waals surface area contributed by atoms with Crippen molar-refractivity contribution in [1.82, 2.24) is 25.5 Å². The van der Waals surface area contributed by atoms with E-state index in [9.17, 15) is 4.79 Å². The molecule has 0 amide bonds. The summed E-state index contributed by atoms with van der Waals surface area (Å²) in [5.41, 5.74) is 0. The van der Waals surface area contributed by atoms with Crippen LogP contribution >= 0.6 is 11.8 Å². The molecule has 1 heterocycles. The van der Waals surface area contributed by atoms with Crippen LogP contribution in [0.2, 0.25) is 0 Å². The zero-order chi connectivity index (χ0) is 12.0. The minimum atomic E-state index is -0.279. The Morgan fingerprint density at radius 3 is 2.94 bits per heavy atom. The maximum absolute atomic E-state index is 11.3. The fourth-order valence-corrected chi connectivity index (χ4v) is 1.99. The summed E-state index contributed by atoms with van der Waals surface area (Å²) in [7, 11) is 4.89. The molecule has 8 heteroatoms. The van der Waals surface area contributed by atoms with Crippen molar-refractivity contribution in [1.29, 1.82) is 0 Å². The zero-order valence-corrected chi connectivity index (χ0v) is 10.3. The first-order valence-electron chi connectivity index (χ1n) is 4.79. The Labute approximate surface area is 97.9 Å². The Morgan fingerprint density at radius 2 is 2.44 bits per heavy atom. The molecule has 90 valence electrons. The minimum absolute atomic E-state index is 0.251. The van der Waals surface area contributed by atoms with Crippen molar-refractivity contribution in [3.63, 3.8) is 0 Å². The third-order valence-electron chi connectivity index (χ3n) is 2.05. The van der Waals surface area contributed by atoms with Crippen LogP contribution in [0.1, 0.15) is 6.42 Å². The van der Waals surface area contributed by atoms with Crippen LogP contribution in [0.25, 0.3) is 0 Å². The second-order valence-electron chi connectivity index (χ2n) is 3.09. The summed E-state index contributed by atoms with van der Waals surface area (Å²) in [5, 5.41) is 14.7. The van der Waals surface area contributed by atoms with Crippen LogP contribution in [-0.4, -0.2) is 52.1 Å². The number of carbonyl (C=O) groups excluding carboxylic acids is 1. The van der Waals surface area contributed by atoms with Gasteiger partial charge in [0.25, 0.3) is 0 Å². The van der Waals surface area contributed by atoms with Gasteiger partial charge in [-0.15, -0.1) is 5.10 Å². The second kappa shape index (κ2) is 6.44. The molecule has 0 spiro atoms. The Morgan fingerprint density at radius 1 is 1.69 bits per heavy atom. The highest BCUT2D eigenvalue weighted by Crippen LogP contribution is 2.14. The first kappa shape index (κ1) is 12.9. The van der Waals surface area contributed by atoms with Gasteiger partial charge in [-0.2, -0.15) is 0 Å². The highest BCUT2D eigenvalue weighted by atomic mass is 32.2. The number of tetrazole rings is 1. The van der Waals surface area contributed by atoms with Gasteiger partial charge in [-0.05, 0) is 23.9 Å². The van der Waals surface area contributed by atoms with Crippen molar-refractivity contribution >= 4 is 17.7 Å². The van der Waals surface area contributed by atoms with E-state index in [1.54, 1.807) is 18.8 Å². The van der Waals surface area contributed by atoms with Crippen molar-refractivity contribution in [2.75, 3.05) is 19.9 Å². The summed E-state index contributed by atoms with van der Waals surface area (Å²) in [6.45, 7) is 0. The summed E-state index contributed by atoms with van der Waals surface area (Å²) in [5.74, 6) is 0.494. The van der Waals surface area contributed by atoms with Crippen molar-refractivity contribution < 1.29 is 9.53 Å². The van der Waals surface area contributed by atoms with Crippen LogP contribution in [0.4, 0.5) is 0 Å². The van der Waals surface area contributed by atoms with E-state index in [1.165, 1.54) is 18.9 Å². The lowest BCUT2D eigenvalue weighted by Crippen LogP contribution is -2.35. The van der Waals surface area contributed by atoms with Gasteiger partial charge in [0.2, 0.25) is 5.16 Å². The highest BCUT2D eigenvalue weighted by Gasteiger charge is 2.16. The van der Waals surface area contributed by atoms with Crippen molar-refractivity contribution in [3.05, 3.63) is 0 Å². The molecule has 1 rings (SSSR count). The van der Waals surface area contributed by atoms with Gasteiger partial charge in [0.1, 0.15) is 6.04 Å². The molecule has 1 aromatic heterocycles. The monoisotopic (exact) mass is 245 g/mol. The fourth-order valence-electron chi connectivity index (χ4n) is 1.13. The number of thioether (sulfide) groups is 1. The third kappa shape index (κ3) is 3.46. The van der Waals surface area contributed by atoms with E-state index < -0.39 is 0 Å². The average Bonchev–Trinajstić information content (AvgIpc) is 2.69. The SMILES string of the molecule is CNC(CCSc1nnnn1C)C(=O)OC.